The van der Waals surface area contributed by atoms with E-state index >= 15 is 0 Å². The summed E-state index contributed by atoms with van der Waals surface area (Å²) >= 11 is 0. The Bertz CT molecular complexity index is 647. The largest absolute Gasteiger partial charge is 0.504 e. The summed E-state index contributed by atoms with van der Waals surface area (Å²) in [5, 5.41) is 35.2. The van der Waals surface area contributed by atoms with Crippen molar-refractivity contribution in [3.63, 3.8) is 0 Å². The van der Waals surface area contributed by atoms with Crippen molar-refractivity contribution < 1.29 is 30.0 Å². The fraction of sp³-hybridized carbons (Fsp3) is 0. The highest BCUT2D eigenvalue weighted by molar-refractivity contribution is 6.42. The maximum absolute atomic E-state index is 10.9. The molecule has 6 N–H and O–H groups in total. The van der Waals surface area contributed by atoms with Crippen LogP contribution >= 0.6 is 0 Å². The Hall–Kier alpha value is -3.22. The van der Waals surface area contributed by atoms with E-state index in [-0.39, 0.29) is 22.8 Å². The number of hydrogen-bond donors (Lipinski definition) is 5. The van der Waals surface area contributed by atoms with E-state index in [9.17, 15) is 9.59 Å². The van der Waals surface area contributed by atoms with Crippen LogP contribution in [0.4, 0.5) is 0 Å². The molecule has 2 rings (SSSR count). The number of primary amides is 1. The molecule has 0 aliphatic heterocycles. The monoisotopic (exact) mass is 291 g/mol. The number of phenolic OH excluding ortho intramolecular Hbond substituents is 4. The van der Waals surface area contributed by atoms with E-state index in [4.69, 9.17) is 26.2 Å². The minimum absolute atomic E-state index is 0.0530. The molecule has 0 radical (unpaired) electrons. The maximum Gasteiger partial charge on any atom is 0.289 e. The number of Topliss-reactive ketones (excluding diaryl/α,β-unsaturated/α-hetero) is 1. The number of nitrogens with two attached hydrogens (primary N) is 1. The molecular weight excluding hydrogens is 278 g/mol. The molecule has 0 atom stereocenters. The second kappa shape index (κ2) is 6.80. The Balaban J connectivity index is 0.000000235. The van der Waals surface area contributed by atoms with Gasteiger partial charge in [-0.2, -0.15) is 0 Å². The third-order valence-corrected chi connectivity index (χ3v) is 2.34. The second-order valence-corrected chi connectivity index (χ2v) is 3.89. The summed E-state index contributed by atoms with van der Waals surface area (Å²) in [6.45, 7) is 0. The number of phenols is 4. The normalized spacial score (nSPS) is 9.33. The van der Waals surface area contributed by atoms with Gasteiger partial charge in [-0.05, 0) is 30.3 Å². The molecular formula is C14H13NO6. The van der Waals surface area contributed by atoms with Crippen LogP contribution in [0, 0.1) is 0 Å². The van der Waals surface area contributed by atoms with Crippen LogP contribution in [-0.4, -0.2) is 32.1 Å². The van der Waals surface area contributed by atoms with Crippen molar-refractivity contribution in [1.29, 1.82) is 0 Å². The average Bonchev–Trinajstić information content (AvgIpc) is 2.45. The predicted octanol–water partition coefficient (Wildman–Crippen LogP) is 0.864. The van der Waals surface area contributed by atoms with Crippen molar-refractivity contribution >= 4 is 11.7 Å². The van der Waals surface area contributed by atoms with Gasteiger partial charge in [0.15, 0.2) is 23.0 Å². The van der Waals surface area contributed by atoms with Gasteiger partial charge in [-0.25, -0.2) is 0 Å². The molecule has 7 nitrogen and oxygen atoms in total. The Morgan fingerprint density at radius 2 is 1.24 bits per heavy atom. The number of amides is 1. The van der Waals surface area contributed by atoms with Gasteiger partial charge >= 0.3 is 0 Å². The number of benzene rings is 2. The quantitative estimate of drug-likeness (QED) is 0.316. The first-order chi connectivity index (χ1) is 9.82. The first-order valence-corrected chi connectivity index (χ1v) is 5.66. The fourth-order valence-electron chi connectivity index (χ4n) is 1.27. The number of hydrogen-bond acceptors (Lipinski definition) is 6. The molecule has 0 unspecified atom stereocenters. The highest BCUT2D eigenvalue weighted by Crippen LogP contribution is 2.24. The molecule has 0 spiro atoms. The van der Waals surface area contributed by atoms with Gasteiger partial charge in [0.05, 0.1) is 0 Å². The molecule has 7 heteroatoms. The fourth-order valence-corrected chi connectivity index (χ4v) is 1.27. The van der Waals surface area contributed by atoms with Crippen molar-refractivity contribution in [3.8, 4) is 23.0 Å². The van der Waals surface area contributed by atoms with Crippen molar-refractivity contribution in [2.45, 2.75) is 0 Å². The zero-order valence-corrected chi connectivity index (χ0v) is 10.7. The molecule has 0 bridgehead atoms. The van der Waals surface area contributed by atoms with Gasteiger partial charge in [-0.15, -0.1) is 0 Å². The van der Waals surface area contributed by atoms with Crippen LogP contribution in [0.1, 0.15) is 10.4 Å². The standard InChI is InChI=1S/C8H7NO4.C6H6O2/c9-8(13)7(12)4-1-2-5(10)6(11)3-4;7-5-3-1-2-4-6(5)8/h1-3,10-11H,(H2,9,13);1-4,7-8H. The third kappa shape index (κ3) is 4.43. The smallest absolute Gasteiger partial charge is 0.289 e. The van der Waals surface area contributed by atoms with E-state index in [1.807, 2.05) is 0 Å². The predicted molar refractivity (Wildman–Crippen MR) is 73.1 cm³/mol. The van der Waals surface area contributed by atoms with Crippen LogP contribution in [0.15, 0.2) is 42.5 Å². The van der Waals surface area contributed by atoms with Crippen LogP contribution < -0.4 is 5.73 Å². The van der Waals surface area contributed by atoms with Gasteiger partial charge in [0.25, 0.3) is 5.91 Å². The first kappa shape index (κ1) is 15.8. The molecule has 21 heavy (non-hydrogen) atoms. The maximum atomic E-state index is 10.9. The van der Waals surface area contributed by atoms with E-state index in [1.54, 1.807) is 12.1 Å². The Labute approximate surface area is 119 Å². The lowest BCUT2D eigenvalue weighted by Crippen LogP contribution is -2.22. The number of aromatic hydroxyl groups is 4. The van der Waals surface area contributed by atoms with E-state index < -0.39 is 17.4 Å². The minimum Gasteiger partial charge on any atom is -0.504 e. The third-order valence-electron chi connectivity index (χ3n) is 2.34. The lowest BCUT2D eigenvalue weighted by atomic mass is 10.1. The number of ketones is 1. The summed E-state index contributed by atoms with van der Waals surface area (Å²) in [6.07, 6.45) is 0. The molecule has 0 aliphatic carbocycles. The van der Waals surface area contributed by atoms with E-state index in [2.05, 4.69) is 0 Å². The lowest BCUT2D eigenvalue weighted by Gasteiger charge is -1.99. The Morgan fingerprint density at radius 1 is 0.762 bits per heavy atom. The molecule has 0 fully saturated rings. The van der Waals surface area contributed by atoms with Crippen molar-refractivity contribution in [2.75, 3.05) is 0 Å². The molecule has 0 aromatic heterocycles. The average molecular weight is 291 g/mol. The summed E-state index contributed by atoms with van der Waals surface area (Å²) < 4.78 is 0. The zero-order chi connectivity index (χ0) is 16.0. The van der Waals surface area contributed by atoms with Gasteiger partial charge in [0.2, 0.25) is 5.78 Å². The summed E-state index contributed by atoms with van der Waals surface area (Å²) in [5.41, 5.74) is 4.67. The van der Waals surface area contributed by atoms with E-state index in [0.29, 0.717) is 0 Å². The van der Waals surface area contributed by atoms with Gasteiger partial charge in [-0.3, -0.25) is 9.59 Å². The lowest BCUT2D eigenvalue weighted by molar-refractivity contribution is -0.114. The number of carbonyl (C=O) groups excluding carboxylic acids is 2. The highest BCUT2D eigenvalue weighted by atomic mass is 16.3. The van der Waals surface area contributed by atoms with Crippen molar-refractivity contribution in [2.24, 2.45) is 5.73 Å². The van der Waals surface area contributed by atoms with Crippen molar-refractivity contribution in [1.82, 2.24) is 0 Å². The molecule has 110 valence electrons. The van der Waals surface area contributed by atoms with E-state index in [0.717, 1.165) is 12.1 Å². The summed E-state index contributed by atoms with van der Waals surface area (Å²) in [4.78, 5) is 21.4. The molecule has 0 saturated heterocycles. The van der Waals surface area contributed by atoms with Crippen LogP contribution in [0.2, 0.25) is 0 Å². The Morgan fingerprint density at radius 3 is 1.62 bits per heavy atom. The van der Waals surface area contributed by atoms with Crippen LogP contribution in [0.25, 0.3) is 0 Å². The van der Waals surface area contributed by atoms with Gasteiger partial charge in [0, 0.05) is 5.56 Å². The second-order valence-electron chi connectivity index (χ2n) is 3.89. The summed E-state index contributed by atoms with van der Waals surface area (Å²) in [5.74, 6) is -2.99. The molecule has 0 aliphatic rings. The van der Waals surface area contributed by atoms with Gasteiger partial charge < -0.3 is 26.2 Å². The number of para-hydroxylation sites is 2. The molecule has 2 aromatic rings. The first-order valence-electron chi connectivity index (χ1n) is 5.66. The molecule has 2 aromatic carbocycles. The number of rotatable bonds is 2. The van der Waals surface area contributed by atoms with E-state index in [1.165, 1.54) is 18.2 Å². The highest BCUT2D eigenvalue weighted by Gasteiger charge is 2.13. The van der Waals surface area contributed by atoms with Crippen LogP contribution in [-0.2, 0) is 4.79 Å². The molecule has 0 saturated carbocycles. The Kier molecular flexibility index (Phi) is 5.13. The van der Waals surface area contributed by atoms with Gasteiger partial charge in [0.1, 0.15) is 0 Å². The molecule has 0 heterocycles. The zero-order valence-electron chi connectivity index (χ0n) is 10.7. The minimum atomic E-state index is -1.11. The molecule has 1 amide bonds. The summed E-state index contributed by atoms with van der Waals surface area (Å²) in [6, 6.07) is 9.42. The summed E-state index contributed by atoms with van der Waals surface area (Å²) in [7, 11) is 0. The number of carbonyl (C=O) groups is 2. The topological polar surface area (TPSA) is 141 Å². The van der Waals surface area contributed by atoms with Gasteiger partial charge in [-0.1, -0.05) is 12.1 Å². The van der Waals surface area contributed by atoms with Crippen molar-refractivity contribution in [3.05, 3.63) is 48.0 Å². The van der Waals surface area contributed by atoms with Crippen LogP contribution in [0.3, 0.4) is 0 Å². The SMILES string of the molecule is NC(=O)C(=O)c1ccc(O)c(O)c1.Oc1ccccc1O. The van der Waals surface area contributed by atoms with Crippen LogP contribution in [0.5, 0.6) is 23.0 Å².